The summed E-state index contributed by atoms with van der Waals surface area (Å²) >= 11 is 0. The van der Waals surface area contributed by atoms with Gasteiger partial charge in [-0.05, 0) is 18.9 Å². The Labute approximate surface area is 149 Å². The van der Waals surface area contributed by atoms with Crippen LogP contribution in [0.15, 0.2) is 35.3 Å². The summed E-state index contributed by atoms with van der Waals surface area (Å²) in [4.78, 5) is 30.7. The second-order valence-corrected chi connectivity index (χ2v) is 6.83. The lowest BCUT2D eigenvalue weighted by Crippen LogP contribution is -2.42. The highest BCUT2D eigenvalue weighted by Gasteiger charge is 2.45. The van der Waals surface area contributed by atoms with Crippen molar-refractivity contribution < 1.29 is 18.5 Å². The number of likely N-dealkylation sites (tertiary alicyclic amines) is 1. The molecule has 3 atom stereocenters. The summed E-state index contributed by atoms with van der Waals surface area (Å²) in [5.74, 6) is -0.922. The summed E-state index contributed by atoms with van der Waals surface area (Å²) in [5, 5.41) is 6.71. The van der Waals surface area contributed by atoms with Crippen LogP contribution >= 0.6 is 0 Å². The van der Waals surface area contributed by atoms with Crippen LogP contribution in [-0.2, 0) is 0 Å². The van der Waals surface area contributed by atoms with Crippen LogP contribution in [0.1, 0.15) is 46.5 Å². The highest BCUT2D eigenvalue weighted by Crippen LogP contribution is 2.37. The molecule has 0 spiro atoms. The summed E-state index contributed by atoms with van der Waals surface area (Å²) in [6.07, 6.45) is 7.74. The Morgan fingerprint density at radius 2 is 2.12 bits per heavy atom. The lowest BCUT2D eigenvalue weighted by Gasteiger charge is -2.31. The molecule has 3 heterocycles. The van der Waals surface area contributed by atoms with Crippen LogP contribution in [0.2, 0.25) is 0 Å². The zero-order chi connectivity index (χ0) is 18.1. The Hall–Kier alpha value is -2.77. The number of rotatable bonds is 3. The molecule has 2 aromatic heterocycles. The van der Waals surface area contributed by atoms with Crippen molar-refractivity contribution in [2.45, 2.75) is 37.8 Å². The number of fused-ring (bicyclic) bond motifs is 1. The van der Waals surface area contributed by atoms with E-state index in [1.165, 1.54) is 12.5 Å². The molecule has 2 fully saturated rings. The number of aromatic nitrogens is 2. The Balaban J connectivity index is 1.53. The van der Waals surface area contributed by atoms with E-state index in [2.05, 4.69) is 15.5 Å². The van der Waals surface area contributed by atoms with Gasteiger partial charge in [0.15, 0.2) is 5.69 Å². The SMILES string of the molecule is O=C(NC1CN(C(=O)c2ccon2)C2CCCCC12)c1cncc(F)c1. The van der Waals surface area contributed by atoms with Crippen LogP contribution in [0.4, 0.5) is 4.39 Å². The molecule has 1 aliphatic heterocycles. The zero-order valence-corrected chi connectivity index (χ0v) is 14.1. The maximum atomic E-state index is 13.3. The average molecular weight is 358 g/mol. The largest absolute Gasteiger partial charge is 0.364 e. The third-order valence-corrected chi connectivity index (χ3v) is 5.29. The molecule has 0 aromatic carbocycles. The lowest BCUT2D eigenvalue weighted by atomic mass is 9.82. The maximum Gasteiger partial charge on any atom is 0.276 e. The van der Waals surface area contributed by atoms with Crippen LogP contribution in [-0.4, -0.2) is 45.5 Å². The molecule has 8 heteroatoms. The monoisotopic (exact) mass is 358 g/mol. The van der Waals surface area contributed by atoms with E-state index in [-0.39, 0.29) is 41.1 Å². The molecule has 1 N–H and O–H groups in total. The number of nitrogens with one attached hydrogen (secondary N) is 1. The number of hydrogen-bond donors (Lipinski definition) is 1. The summed E-state index contributed by atoms with van der Waals surface area (Å²) in [6, 6.07) is 2.61. The third kappa shape index (κ3) is 3.07. The first-order chi connectivity index (χ1) is 12.6. The van der Waals surface area contributed by atoms with Crippen molar-refractivity contribution in [2.24, 2.45) is 5.92 Å². The van der Waals surface area contributed by atoms with Crippen LogP contribution in [0.25, 0.3) is 0 Å². The van der Waals surface area contributed by atoms with Crippen LogP contribution < -0.4 is 5.32 Å². The predicted octanol–water partition coefficient (Wildman–Crippen LogP) is 2.02. The van der Waals surface area contributed by atoms with E-state index in [9.17, 15) is 14.0 Å². The second-order valence-electron chi connectivity index (χ2n) is 6.83. The van der Waals surface area contributed by atoms with Gasteiger partial charge >= 0.3 is 0 Å². The fourth-order valence-electron chi connectivity index (χ4n) is 4.12. The van der Waals surface area contributed by atoms with Crippen molar-refractivity contribution in [3.63, 3.8) is 0 Å². The van der Waals surface area contributed by atoms with Gasteiger partial charge in [0.1, 0.15) is 12.1 Å². The standard InChI is InChI=1S/C18H19FN4O3/c19-12-7-11(8-20-9-12)17(24)21-15-10-23(16-4-2-1-3-13(15)16)18(25)14-5-6-26-22-14/h5-9,13,15-16H,1-4,10H2,(H,21,24). The number of hydrogen-bond acceptors (Lipinski definition) is 5. The topological polar surface area (TPSA) is 88.3 Å². The van der Waals surface area contributed by atoms with Gasteiger partial charge in [0, 0.05) is 30.8 Å². The molecule has 7 nitrogen and oxygen atoms in total. The molecule has 2 aliphatic rings. The Morgan fingerprint density at radius 3 is 2.88 bits per heavy atom. The van der Waals surface area contributed by atoms with E-state index in [0.717, 1.165) is 37.9 Å². The number of carbonyl (C=O) groups is 2. The molecule has 2 amide bonds. The minimum absolute atomic E-state index is 0.0730. The molecule has 0 radical (unpaired) electrons. The van der Waals surface area contributed by atoms with Gasteiger partial charge in [0.25, 0.3) is 11.8 Å². The number of amides is 2. The molecular weight excluding hydrogens is 339 g/mol. The van der Waals surface area contributed by atoms with Gasteiger partial charge in [-0.2, -0.15) is 0 Å². The van der Waals surface area contributed by atoms with E-state index in [0.29, 0.717) is 6.54 Å². The molecule has 1 aliphatic carbocycles. The predicted molar refractivity (Wildman–Crippen MR) is 88.7 cm³/mol. The molecule has 3 unspecified atom stereocenters. The summed E-state index contributed by atoms with van der Waals surface area (Å²) in [5.41, 5.74) is 0.453. The van der Waals surface area contributed by atoms with Gasteiger partial charge < -0.3 is 14.7 Å². The smallest absolute Gasteiger partial charge is 0.276 e. The molecule has 136 valence electrons. The van der Waals surface area contributed by atoms with Crippen LogP contribution in [0.3, 0.4) is 0 Å². The number of halogens is 1. The fourth-order valence-corrected chi connectivity index (χ4v) is 4.12. The average Bonchev–Trinajstić information content (AvgIpc) is 3.30. The molecule has 4 rings (SSSR count). The first-order valence-corrected chi connectivity index (χ1v) is 8.76. The fraction of sp³-hybridized carbons (Fsp3) is 0.444. The van der Waals surface area contributed by atoms with Crippen LogP contribution in [0.5, 0.6) is 0 Å². The quantitative estimate of drug-likeness (QED) is 0.907. The molecule has 26 heavy (non-hydrogen) atoms. The van der Waals surface area contributed by atoms with Gasteiger partial charge in [-0.25, -0.2) is 4.39 Å². The van der Waals surface area contributed by atoms with Gasteiger partial charge in [0.2, 0.25) is 0 Å². The lowest BCUT2D eigenvalue weighted by molar-refractivity contribution is 0.0679. The van der Waals surface area contributed by atoms with Crippen molar-refractivity contribution >= 4 is 11.8 Å². The number of nitrogens with zero attached hydrogens (tertiary/aromatic N) is 3. The molecule has 2 aromatic rings. The third-order valence-electron chi connectivity index (χ3n) is 5.29. The molecular formula is C18H19FN4O3. The minimum Gasteiger partial charge on any atom is -0.364 e. The number of carbonyl (C=O) groups excluding carboxylic acids is 2. The van der Waals surface area contributed by atoms with Crippen molar-refractivity contribution in [1.29, 1.82) is 0 Å². The first kappa shape index (κ1) is 16.7. The van der Waals surface area contributed by atoms with Crippen molar-refractivity contribution in [1.82, 2.24) is 20.4 Å². The van der Waals surface area contributed by atoms with E-state index in [1.807, 2.05) is 0 Å². The summed E-state index contributed by atoms with van der Waals surface area (Å²) in [7, 11) is 0. The van der Waals surface area contributed by atoms with Crippen molar-refractivity contribution in [2.75, 3.05) is 6.54 Å². The zero-order valence-electron chi connectivity index (χ0n) is 14.1. The van der Waals surface area contributed by atoms with E-state index >= 15 is 0 Å². The summed E-state index contributed by atoms with van der Waals surface area (Å²) < 4.78 is 18.1. The van der Waals surface area contributed by atoms with Crippen molar-refractivity contribution in [3.8, 4) is 0 Å². The van der Waals surface area contributed by atoms with E-state index < -0.39 is 5.82 Å². The highest BCUT2D eigenvalue weighted by atomic mass is 19.1. The Morgan fingerprint density at radius 1 is 1.27 bits per heavy atom. The summed E-state index contributed by atoms with van der Waals surface area (Å²) in [6.45, 7) is 0.412. The number of pyridine rings is 1. The first-order valence-electron chi connectivity index (χ1n) is 8.76. The second kappa shape index (κ2) is 6.86. The molecule has 1 saturated heterocycles. The van der Waals surface area contributed by atoms with Gasteiger partial charge in [-0.1, -0.05) is 18.0 Å². The Bertz CT molecular complexity index is 811. The molecule has 0 bridgehead atoms. The Kier molecular flexibility index (Phi) is 4.40. The minimum atomic E-state index is -0.553. The van der Waals surface area contributed by atoms with Gasteiger partial charge in [-0.3, -0.25) is 14.6 Å². The van der Waals surface area contributed by atoms with Gasteiger partial charge in [0.05, 0.1) is 17.8 Å². The normalized spacial score (nSPS) is 25.0. The van der Waals surface area contributed by atoms with Crippen LogP contribution in [0, 0.1) is 11.7 Å². The van der Waals surface area contributed by atoms with E-state index in [1.54, 1.807) is 11.0 Å². The molecule has 1 saturated carbocycles. The van der Waals surface area contributed by atoms with Gasteiger partial charge in [-0.15, -0.1) is 0 Å². The van der Waals surface area contributed by atoms with Crippen molar-refractivity contribution in [3.05, 3.63) is 47.9 Å². The maximum absolute atomic E-state index is 13.3. The highest BCUT2D eigenvalue weighted by molar-refractivity contribution is 5.95. The van der Waals surface area contributed by atoms with E-state index in [4.69, 9.17) is 4.52 Å².